The Morgan fingerprint density at radius 2 is 2.00 bits per heavy atom. The molecule has 0 aliphatic carbocycles. The van der Waals surface area contributed by atoms with E-state index in [1.807, 2.05) is 7.05 Å². The predicted octanol–water partition coefficient (Wildman–Crippen LogP) is 3.23. The van der Waals surface area contributed by atoms with Crippen LogP contribution in [0, 0.1) is 0 Å². The highest BCUT2D eigenvalue weighted by molar-refractivity contribution is 6.35. The Labute approximate surface area is 168 Å². The molecule has 6 nitrogen and oxygen atoms in total. The van der Waals surface area contributed by atoms with Crippen molar-refractivity contribution in [1.82, 2.24) is 15.5 Å². The third kappa shape index (κ3) is 9.41. The van der Waals surface area contributed by atoms with Crippen molar-refractivity contribution in [2.75, 3.05) is 47.4 Å². The van der Waals surface area contributed by atoms with Crippen LogP contribution in [0.15, 0.2) is 17.1 Å². The molecular weight excluding hydrogens is 401 g/mol. The van der Waals surface area contributed by atoms with Gasteiger partial charge in [-0.3, -0.25) is 4.99 Å². The number of hydrogen-bond acceptors (Lipinski definition) is 4. The van der Waals surface area contributed by atoms with E-state index in [0.29, 0.717) is 29.7 Å². The molecule has 0 saturated heterocycles. The minimum Gasteiger partial charge on any atom is -0.433 e. The van der Waals surface area contributed by atoms with Crippen LogP contribution in [0.4, 0.5) is 8.78 Å². The molecule has 0 spiro atoms. The second-order valence-electron chi connectivity index (χ2n) is 5.76. The van der Waals surface area contributed by atoms with Gasteiger partial charge in [-0.15, -0.1) is 0 Å². The Kier molecular flexibility index (Phi) is 11.3. The summed E-state index contributed by atoms with van der Waals surface area (Å²) in [5.74, 6) is 0.437. The Bertz CT molecular complexity index is 607. The lowest BCUT2D eigenvalue weighted by Gasteiger charge is -2.18. The molecule has 1 aromatic rings. The zero-order chi connectivity index (χ0) is 20.2. The highest BCUT2D eigenvalue weighted by Crippen LogP contribution is 2.33. The highest BCUT2D eigenvalue weighted by Gasteiger charge is 2.15. The minimum absolute atomic E-state index is 0.0293. The van der Waals surface area contributed by atoms with E-state index in [-0.39, 0.29) is 17.3 Å². The van der Waals surface area contributed by atoms with E-state index in [1.165, 1.54) is 12.1 Å². The topological polar surface area (TPSA) is 58.1 Å². The highest BCUT2D eigenvalue weighted by atomic mass is 35.5. The van der Waals surface area contributed by atoms with E-state index < -0.39 is 6.61 Å². The van der Waals surface area contributed by atoms with Gasteiger partial charge in [0.1, 0.15) is 5.75 Å². The molecule has 0 fully saturated rings. The fraction of sp³-hybridized carbons (Fsp3) is 0.588. The molecule has 0 aliphatic rings. The van der Waals surface area contributed by atoms with Gasteiger partial charge < -0.3 is 25.0 Å². The average molecular weight is 427 g/mol. The quantitative estimate of drug-likeness (QED) is 0.323. The molecule has 10 heteroatoms. The molecule has 27 heavy (non-hydrogen) atoms. The lowest BCUT2D eigenvalue weighted by atomic mass is 10.2. The molecule has 0 aromatic heterocycles. The van der Waals surface area contributed by atoms with Crippen LogP contribution in [-0.4, -0.2) is 64.9 Å². The van der Waals surface area contributed by atoms with Crippen LogP contribution in [0.25, 0.3) is 0 Å². The molecule has 0 saturated carbocycles. The maximum absolute atomic E-state index is 12.6. The third-order valence-corrected chi connectivity index (χ3v) is 4.15. The number of methoxy groups -OCH3 is 1. The monoisotopic (exact) mass is 426 g/mol. The lowest BCUT2D eigenvalue weighted by Crippen LogP contribution is -2.38. The maximum Gasteiger partial charge on any atom is 0.387 e. The predicted molar refractivity (Wildman–Crippen MR) is 105 cm³/mol. The molecule has 0 aliphatic heterocycles. The standard InChI is InChI=1S/C17H26Cl2F2N4O2/c1-22-17(23-5-4-6-25(2)7-8-26-3)24-11-12-9-13(18)10-14(19)15(12)27-16(20)21/h9-10,16H,4-8,11H2,1-3H3,(H2,22,23,24). The van der Waals surface area contributed by atoms with Crippen molar-refractivity contribution in [1.29, 1.82) is 0 Å². The Morgan fingerprint density at radius 1 is 1.26 bits per heavy atom. The Balaban J connectivity index is 2.53. The van der Waals surface area contributed by atoms with Gasteiger partial charge in [-0.1, -0.05) is 23.2 Å². The summed E-state index contributed by atoms with van der Waals surface area (Å²) in [5.41, 5.74) is 0.412. The zero-order valence-corrected chi connectivity index (χ0v) is 17.2. The number of likely N-dealkylation sites (N-methyl/N-ethyl adjacent to an activating group) is 1. The Morgan fingerprint density at radius 3 is 2.63 bits per heavy atom. The number of alkyl halides is 2. The number of nitrogens with one attached hydrogen (secondary N) is 2. The van der Waals surface area contributed by atoms with Gasteiger partial charge in [0.25, 0.3) is 0 Å². The fourth-order valence-electron chi connectivity index (χ4n) is 2.28. The Hall–Kier alpha value is -1.35. The van der Waals surface area contributed by atoms with Gasteiger partial charge in [-0.2, -0.15) is 8.78 Å². The summed E-state index contributed by atoms with van der Waals surface area (Å²) in [6.45, 7) is 0.368. The van der Waals surface area contributed by atoms with Crippen molar-refractivity contribution >= 4 is 29.2 Å². The first-order valence-electron chi connectivity index (χ1n) is 8.42. The van der Waals surface area contributed by atoms with Gasteiger partial charge in [-0.05, 0) is 32.1 Å². The van der Waals surface area contributed by atoms with Crippen LogP contribution in [0.2, 0.25) is 10.0 Å². The number of nitrogens with zero attached hydrogens (tertiary/aromatic N) is 2. The van der Waals surface area contributed by atoms with Gasteiger partial charge in [0.15, 0.2) is 5.96 Å². The summed E-state index contributed by atoms with van der Waals surface area (Å²) in [7, 11) is 5.33. The van der Waals surface area contributed by atoms with Crippen LogP contribution in [0.5, 0.6) is 5.75 Å². The van der Waals surface area contributed by atoms with Crippen molar-refractivity contribution in [2.24, 2.45) is 4.99 Å². The average Bonchev–Trinajstić information content (AvgIpc) is 2.61. The van der Waals surface area contributed by atoms with Crippen LogP contribution < -0.4 is 15.4 Å². The number of hydrogen-bond donors (Lipinski definition) is 2. The minimum atomic E-state index is -2.98. The molecule has 0 bridgehead atoms. The number of rotatable bonds is 11. The van der Waals surface area contributed by atoms with Crippen LogP contribution in [0.1, 0.15) is 12.0 Å². The molecule has 154 valence electrons. The summed E-state index contributed by atoms with van der Waals surface area (Å²) < 4.78 is 34.8. The first-order chi connectivity index (χ1) is 12.9. The third-order valence-electron chi connectivity index (χ3n) is 3.65. The van der Waals surface area contributed by atoms with Gasteiger partial charge >= 0.3 is 6.61 Å². The van der Waals surface area contributed by atoms with Crippen LogP contribution in [0.3, 0.4) is 0 Å². The SMILES string of the molecule is CN=C(NCCCN(C)CCOC)NCc1cc(Cl)cc(Cl)c1OC(F)F. The normalized spacial score (nSPS) is 12.0. The summed E-state index contributed by atoms with van der Waals surface area (Å²) in [4.78, 5) is 6.28. The van der Waals surface area contributed by atoms with Gasteiger partial charge in [-0.25, -0.2) is 0 Å². The van der Waals surface area contributed by atoms with Crippen LogP contribution >= 0.6 is 23.2 Å². The largest absolute Gasteiger partial charge is 0.433 e. The number of halogens is 4. The van der Waals surface area contributed by atoms with E-state index >= 15 is 0 Å². The summed E-state index contributed by atoms with van der Waals surface area (Å²) in [5, 5.41) is 6.57. The van der Waals surface area contributed by atoms with Crippen molar-refractivity contribution in [2.45, 2.75) is 19.6 Å². The number of aliphatic imine (C=N–C) groups is 1. The number of benzene rings is 1. The number of guanidine groups is 1. The first-order valence-corrected chi connectivity index (χ1v) is 9.17. The second-order valence-corrected chi connectivity index (χ2v) is 6.60. The zero-order valence-electron chi connectivity index (χ0n) is 15.7. The molecule has 0 unspecified atom stereocenters. The molecule has 0 amide bonds. The molecule has 2 N–H and O–H groups in total. The molecule has 0 heterocycles. The number of ether oxygens (including phenoxy) is 2. The fourth-order valence-corrected chi connectivity index (χ4v) is 2.86. The van der Waals surface area contributed by atoms with Crippen molar-refractivity contribution in [3.8, 4) is 5.75 Å². The summed E-state index contributed by atoms with van der Waals surface area (Å²) in [6.07, 6.45) is 0.906. The van der Waals surface area contributed by atoms with Crippen molar-refractivity contribution in [3.63, 3.8) is 0 Å². The first kappa shape index (κ1) is 23.7. The van der Waals surface area contributed by atoms with E-state index in [2.05, 4.69) is 25.3 Å². The van der Waals surface area contributed by atoms with E-state index in [0.717, 1.165) is 19.5 Å². The van der Waals surface area contributed by atoms with Gasteiger partial charge in [0, 0.05) is 44.4 Å². The smallest absolute Gasteiger partial charge is 0.387 e. The molecular formula is C17H26Cl2F2N4O2. The van der Waals surface area contributed by atoms with Crippen molar-refractivity contribution < 1.29 is 18.3 Å². The molecule has 0 atom stereocenters. The van der Waals surface area contributed by atoms with E-state index in [9.17, 15) is 8.78 Å². The van der Waals surface area contributed by atoms with E-state index in [4.69, 9.17) is 27.9 Å². The van der Waals surface area contributed by atoms with E-state index in [1.54, 1.807) is 14.2 Å². The van der Waals surface area contributed by atoms with Gasteiger partial charge in [0.2, 0.25) is 0 Å². The van der Waals surface area contributed by atoms with Crippen LogP contribution in [-0.2, 0) is 11.3 Å². The molecule has 1 rings (SSSR count). The second kappa shape index (κ2) is 12.9. The summed E-state index contributed by atoms with van der Waals surface area (Å²) >= 11 is 11.9. The van der Waals surface area contributed by atoms with Gasteiger partial charge in [0.05, 0.1) is 11.6 Å². The lowest BCUT2D eigenvalue weighted by molar-refractivity contribution is -0.0504. The molecule has 0 radical (unpaired) electrons. The maximum atomic E-state index is 12.6. The summed E-state index contributed by atoms with van der Waals surface area (Å²) in [6, 6.07) is 2.88. The van der Waals surface area contributed by atoms with Crippen molar-refractivity contribution in [3.05, 3.63) is 27.7 Å². The molecule has 1 aromatic carbocycles.